The van der Waals surface area contributed by atoms with Crippen LogP contribution in [0, 0.1) is 20.8 Å². The van der Waals surface area contributed by atoms with Gasteiger partial charge in [0.1, 0.15) is 0 Å². The molecule has 0 unspecified atom stereocenters. The average Bonchev–Trinajstić information content (AvgIpc) is 2.60. The number of rotatable bonds is 7. The van der Waals surface area contributed by atoms with Gasteiger partial charge < -0.3 is 9.80 Å². The molecule has 0 fully saturated rings. The Morgan fingerprint density at radius 3 is 1.96 bits per heavy atom. The van der Waals surface area contributed by atoms with Crippen LogP contribution in [0.15, 0.2) is 36.7 Å². The second-order valence-corrected chi connectivity index (χ2v) is 8.30. The quantitative estimate of drug-likeness (QED) is 0.534. The molecule has 0 amide bonds. The van der Waals surface area contributed by atoms with Gasteiger partial charge in [-0.15, -0.1) is 0 Å². The molecule has 0 atom stereocenters. The summed E-state index contributed by atoms with van der Waals surface area (Å²) in [6.07, 6.45) is 4.38. The molecule has 1 aromatic carbocycles. The van der Waals surface area contributed by atoms with Crippen molar-refractivity contribution in [1.29, 1.82) is 0 Å². The van der Waals surface area contributed by atoms with Crippen LogP contribution in [0.2, 0.25) is 0 Å². The van der Waals surface area contributed by atoms with E-state index >= 15 is 0 Å². The largest absolute Gasteiger partial charge is 0.348 e. The smallest absolute Gasteiger partial charge is 0.0650 e. The van der Waals surface area contributed by atoms with Crippen LogP contribution in [0.4, 0.5) is 11.4 Å². The lowest BCUT2D eigenvalue weighted by molar-refractivity contribution is 0.816. The molecular weight excluding hydrogens is 342 g/mol. The first-order valence-electron chi connectivity index (χ1n) is 10.4. The number of aryl methyl sites for hydroxylation is 3. The fourth-order valence-electron chi connectivity index (χ4n) is 3.99. The minimum atomic E-state index is 0.486. The van der Waals surface area contributed by atoms with Crippen LogP contribution in [0.25, 0.3) is 0 Å². The van der Waals surface area contributed by atoms with Gasteiger partial charge in [-0.2, -0.15) is 0 Å². The van der Waals surface area contributed by atoms with E-state index in [1.807, 2.05) is 0 Å². The summed E-state index contributed by atoms with van der Waals surface area (Å²) in [5, 5.41) is 0. The molecule has 0 radical (unpaired) electrons. The Balaban J connectivity index is 2.45. The predicted molar refractivity (Wildman–Crippen MR) is 124 cm³/mol. The molecule has 0 aliphatic rings. The van der Waals surface area contributed by atoms with Crippen molar-refractivity contribution in [1.82, 2.24) is 4.98 Å². The van der Waals surface area contributed by atoms with E-state index in [-0.39, 0.29) is 0 Å². The molecule has 1 aromatic heterocycles. The fraction of sp³-hybridized carbons (Fsp3) is 0.480. The number of hydrogen-bond donors (Lipinski definition) is 0. The zero-order valence-electron chi connectivity index (χ0n) is 19.2. The number of pyridine rings is 1. The van der Waals surface area contributed by atoms with E-state index in [9.17, 15) is 0 Å². The van der Waals surface area contributed by atoms with Gasteiger partial charge in [0.05, 0.1) is 11.4 Å². The standard InChI is InChI=1S/C25H37N3/c1-10-28(25-22(17(2)3)12-11-13-23(25)18(4)5)15-14-27(9)24-19(6)16-20(7)26-21(24)8/h11-18H,10H2,1-9H3/b15-14-. The molecule has 0 saturated carbocycles. The monoisotopic (exact) mass is 379 g/mol. The zero-order valence-corrected chi connectivity index (χ0v) is 19.2. The number of benzene rings is 1. The summed E-state index contributed by atoms with van der Waals surface area (Å²) in [6, 6.07) is 8.88. The fourth-order valence-corrected chi connectivity index (χ4v) is 3.99. The van der Waals surface area contributed by atoms with Crippen LogP contribution in [-0.2, 0) is 0 Å². The number of anilines is 2. The SMILES string of the molecule is CCN(/C=C\N(C)c1c(C)cc(C)nc1C)c1c(C(C)C)cccc1C(C)C. The van der Waals surface area contributed by atoms with Crippen molar-refractivity contribution >= 4 is 11.4 Å². The topological polar surface area (TPSA) is 19.4 Å². The molecule has 2 aromatic rings. The van der Waals surface area contributed by atoms with Gasteiger partial charge in [-0.25, -0.2) is 0 Å². The Morgan fingerprint density at radius 2 is 1.50 bits per heavy atom. The number of para-hydroxylation sites is 1. The third-order valence-electron chi connectivity index (χ3n) is 5.28. The van der Waals surface area contributed by atoms with E-state index in [2.05, 4.69) is 114 Å². The maximum atomic E-state index is 4.65. The Bertz CT molecular complexity index is 784. The van der Waals surface area contributed by atoms with Crippen LogP contribution >= 0.6 is 0 Å². The molecule has 0 N–H and O–H groups in total. The molecule has 152 valence electrons. The highest BCUT2D eigenvalue weighted by Gasteiger charge is 2.17. The van der Waals surface area contributed by atoms with Crippen LogP contribution in [-0.4, -0.2) is 18.6 Å². The second kappa shape index (κ2) is 9.27. The second-order valence-electron chi connectivity index (χ2n) is 8.30. The highest BCUT2D eigenvalue weighted by molar-refractivity contribution is 5.64. The lowest BCUT2D eigenvalue weighted by atomic mass is 9.92. The molecule has 2 rings (SSSR count). The van der Waals surface area contributed by atoms with Gasteiger partial charge in [-0.05, 0) is 62.3 Å². The van der Waals surface area contributed by atoms with Crippen molar-refractivity contribution in [3.8, 4) is 0 Å². The van der Waals surface area contributed by atoms with E-state index in [1.165, 1.54) is 28.1 Å². The molecule has 1 heterocycles. The van der Waals surface area contributed by atoms with Gasteiger partial charge in [0.15, 0.2) is 0 Å². The van der Waals surface area contributed by atoms with E-state index < -0.39 is 0 Å². The normalized spacial score (nSPS) is 11.7. The van der Waals surface area contributed by atoms with Crippen molar-refractivity contribution in [2.45, 2.75) is 67.2 Å². The highest BCUT2D eigenvalue weighted by atomic mass is 15.2. The molecule has 0 spiro atoms. The van der Waals surface area contributed by atoms with Crippen LogP contribution in [0.3, 0.4) is 0 Å². The maximum absolute atomic E-state index is 4.65. The number of hydrogen-bond acceptors (Lipinski definition) is 3. The molecule has 0 bridgehead atoms. The molecule has 0 aliphatic carbocycles. The first-order chi connectivity index (χ1) is 13.2. The first kappa shape index (κ1) is 22.0. The minimum Gasteiger partial charge on any atom is -0.348 e. The molecule has 0 aliphatic heterocycles. The van der Waals surface area contributed by atoms with Crippen LogP contribution in [0.5, 0.6) is 0 Å². The van der Waals surface area contributed by atoms with Crippen molar-refractivity contribution < 1.29 is 0 Å². The molecule has 28 heavy (non-hydrogen) atoms. The van der Waals surface area contributed by atoms with Gasteiger partial charge in [-0.1, -0.05) is 45.9 Å². The third-order valence-corrected chi connectivity index (χ3v) is 5.28. The summed E-state index contributed by atoms with van der Waals surface area (Å²) in [5.74, 6) is 0.972. The molecule has 3 nitrogen and oxygen atoms in total. The lowest BCUT2D eigenvalue weighted by Crippen LogP contribution is -2.22. The van der Waals surface area contributed by atoms with Gasteiger partial charge in [-0.3, -0.25) is 4.98 Å². The van der Waals surface area contributed by atoms with Crippen molar-refractivity contribution in [3.63, 3.8) is 0 Å². The Labute approximate surface area is 172 Å². The summed E-state index contributed by atoms with van der Waals surface area (Å²) in [7, 11) is 2.11. The molecule has 3 heteroatoms. The van der Waals surface area contributed by atoms with Crippen molar-refractivity contribution in [2.24, 2.45) is 0 Å². The molecule has 0 saturated heterocycles. The first-order valence-corrected chi connectivity index (χ1v) is 10.4. The summed E-state index contributed by atoms with van der Waals surface area (Å²) in [4.78, 5) is 9.22. The number of nitrogens with zero attached hydrogens (tertiary/aromatic N) is 3. The summed E-state index contributed by atoms with van der Waals surface area (Å²) >= 11 is 0. The third kappa shape index (κ3) is 4.76. The lowest BCUT2D eigenvalue weighted by Gasteiger charge is -2.29. The van der Waals surface area contributed by atoms with Crippen molar-refractivity contribution in [3.05, 3.63) is 64.7 Å². The van der Waals surface area contributed by atoms with Gasteiger partial charge in [0.25, 0.3) is 0 Å². The van der Waals surface area contributed by atoms with E-state index in [0.29, 0.717) is 11.8 Å². The summed E-state index contributed by atoms with van der Waals surface area (Å²) in [5.41, 5.74) is 8.74. The highest BCUT2D eigenvalue weighted by Crippen LogP contribution is 2.35. The van der Waals surface area contributed by atoms with Gasteiger partial charge >= 0.3 is 0 Å². The predicted octanol–water partition coefficient (Wildman–Crippen LogP) is 6.69. The Morgan fingerprint density at radius 1 is 0.929 bits per heavy atom. The zero-order chi connectivity index (χ0) is 21.0. The summed E-state index contributed by atoms with van der Waals surface area (Å²) < 4.78 is 0. The van der Waals surface area contributed by atoms with Crippen LogP contribution < -0.4 is 9.80 Å². The van der Waals surface area contributed by atoms with Gasteiger partial charge in [0.2, 0.25) is 0 Å². The molecular formula is C25H37N3. The maximum Gasteiger partial charge on any atom is 0.0650 e. The van der Waals surface area contributed by atoms with E-state index in [0.717, 1.165) is 17.9 Å². The number of aromatic nitrogens is 1. The Hall–Kier alpha value is -2.29. The van der Waals surface area contributed by atoms with E-state index in [4.69, 9.17) is 0 Å². The van der Waals surface area contributed by atoms with Crippen molar-refractivity contribution in [2.75, 3.05) is 23.4 Å². The minimum absolute atomic E-state index is 0.486. The summed E-state index contributed by atoms with van der Waals surface area (Å²) in [6.45, 7) is 18.5. The van der Waals surface area contributed by atoms with Crippen LogP contribution in [0.1, 0.15) is 74.5 Å². The van der Waals surface area contributed by atoms with E-state index in [1.54, 1.807) is 0 Å². The Kier molecular flexibility index (Phi) is 7.29. The average molecular weight is 380 g/mol. The van der Waals surface area contributed by atoms with Gasteiger partial charge in [0, 0.05) is 37.4 Å².